The van der Waals surface area contributed by atoms with Crippen LogP contribution in [0.1, 0.15) is 16.8 Å². The highest BCUT2D eigenvalue weighted by molar-refractivity contribution is 5.96. The maximum Gasteiger partial charge on any atom is 0.401 e. The second kappa shape index (κ2) is 6.10. The minimum absolute atomic E-state index is 0.186. The van der Waals surface area contributed by atoms with Crippen molar-refractivity contribution in [3.8, 4) is 0 Å². The van der Waals surface area contributed by atoms with Crippen molar-refractivity contribution in [3.05, 3.63) is 35.4 Å². The van der Waals surface area contributed by atoms with E-state index in [0.717, 1.165) is 17.0 Å². The lowest BCUT2D eigenvalue weighted by molar-refractivity contribution is -0.142. The molecule has 0 saturated heterocycles. The zero-order chi connectivity index (χ0) is 14.6. The van der Waals surface area contributed by atoms with Gasteiger partial charge in [0.25, 0.3) is 0 Å². The summed E-state index contributed by atoms with van der Waals surface area (Å²) in [6, 6.07) is 3.14. The summed E-state index contributed by atoms with van der Waals surface area (Å²) in [5.41, 5.74) is -0.444. The fourth-order valence-electron chi connectivity index (χ4n) is 1.53. The van der Waals surface area contributed by atoms with Crippen LogP contribution in [0.3, 0.4) is 0 Å². The van der Waals surface area contributed by atoms with E-state index in [1.807, 2.05) is 0 Å². The first-order chi connectivity index (χ1) is 8.70. The maximum atomic E-state index is 13.3. The van der Waals surface area contributed by atoms with E-state index in [-0.39, 0.29) is 13.0 Å². The summed E-state index contributed by atoms with van der Waals surface area (Å²) < 4.78 is 62.2. The summed E-state index contributed by atoms with van der Waals surface area (Å²) in [7, 11) is 1.20. The van der Waals surface area contributed by atoms with Crippen LogP contribution in [-0.4, -0.2) is 37.0 Å². The second-order valence-corrected chi connectivity index (χ2v) is 4.13. The van der Waals surface area contributed by atoms with E-state index in [0.29, 0.717) is 0 Å². The molecule has 0 aromatic heterocycles. The Labute approximate surface area is 106 Å². The van der Waals surface area contributed by atoms with Gasteiger partial charge in [0.15, 0.2) is 17.4 Å². The first kappa shape index (κ1) is 15.6. The summed E-state index contributed by atoms with van der Waals surface area (Å²) in [6.45, 7) is -1.35. The molecule has 0 aliphatic rings. The van der Waals surface area contributed by atoms with Crippen molar-refractivity contribution in [2.24, 2.45) is 0 Å². The zero-order valence-corrected chi connectivity index (χ0v) is 10.1. The molecule has 0 amide bonds. The third kappa shape index (κ3) is 4.94. The highest BCUT2D eigenvalue weighted by Crippen LogP contribution is 2.17. The highest BCUT2D eigenvalue weighted by Gasteiger charge is 2.29. The third-order valence-electron chi connectivity index (χ3n) is 2.42. The van der Waals surface area contributed by atoms with Gasteiger partial charge in [-0.2, -0.15) is 13.2 Å². The molecule has 0 saturated carbocycles. The lowest BCUT2D eigenvalue weighted by Gasteiger charge is -2.17. The van der Waals surface area contributed by atoms with E-state index in [4.69, 9.17) is 0 Å². The number of rotatable bonds is 5. The minimum atomic E-state index is -4.36. The van der Waals surface area contributed by atoms with Crippen molar-refractivity contribution in [2.75, 3.05) is 20.1 Å². The van der Waals surface area contributed by atoms with Gasteiger partial charge in [0.1, 0.15) is 0 Å². The van der Waals surface area contributed by atoms with Gasteiger partial charge in [-0.3, -0.25) is 9.69 Å². The molecule has 0 atom stereocenters. The standard InChI is InChI=1S/C12H12F5NO/c1-18(7-12(15,16)17)6-5-10(19)8-3-2-4-9(13)11(8)14/h2-4H,5-7H2,1H3. The summed E-state index contributed by atoms with van der Waals surface area (Å²) in [5.74, 6) is -3.16. The predicted molar refractivity (Wildman–Crippen MR) is 58.9 cm³/mol. The van der Waals surface area contributed by atoms with Crippen molar-refractivity contribution >= 4 is 5.78 Å². The quantitative estimate of drug-likeness (QED) is 0.611. The highest BCUT2D eigenvalue weighted by atomic mass is 19.4. The Morgan fingerprint density at radius 1 is 1.26 bits per heavy atom. The van der Waals surface area contributed by atoms with Crippen molar-refractivity contribution in [3.63, 3.8) is 0 Å². The smallest absolute Gasteiger partial charge is 0.298 e. The Morgan fingerprint density at radius 3 is 2.47 bits per heavy atom. The van der Waals surface area contributed by atoms with Gasteiger partial charge in [-0.05, 0) is 19.2 Å². The molecule has 0 radical (unpaired) electrons. The number of Topliss-reactive ketones (excluding diaryl/α,β-unsaturated/α-hetero) is 1. The number of hydrogen-bond donors (Lipinski definition) is 0. The molecule has 7 heteroatoms. The number of hydrogen-bond acceptors (Lipinski definition) is 2. The molecule has 19 heavy (non-hydrogen) atoms. The van der Waals surface area contributed by atoms with Crippen LogP contribution < -0.4 is 0 Å². The first-order valence-electron chi connectivity index (χ1n) is 5.43. The van der Waals surface area contributed by atoms with Gasteiger partial charge < -0.3 is 0 Å². The lowest BCUT2D eigenvalue weighted by atomic mass is 10.1. The Balaban J connectivity index is 2.59. The molecule has 0 fully saturated rings. The van der Waals surface area contributed by atoms with E-state index in [1.54, 1.807) is 0 Å². The van der Waals surface area contributed by atoms with Gasteiger partial charge in [-0.1, -0.05) is 6.07 Å². The zero-order valence-electron chi connectivity index (χ0n) is 10.1. The molecular formula is C12H12F5NO. The first-order valence-corrected chi connectivity index (χ1v) is 5.43. The molecule has 0 bridgehead atoms. The Hall–Kier alpha value is -1.50. The van der Waals surface area contributed by atoms with Gasteiger partial charge in [0.05, 0.1) is 12.1 Å². The van der Waals surface area contributed by atoms with E-state index >= 15 is 0 Å². The van der Waals surface area contributed by atoms with E-state index in [2.05, 4.69) is 0 Å². The molecule has 0 unspecified atom stereocenters. The normalized spacial score (nSPS) is 11.9. The summed E-state index contributed by atoms with van der Waals surface area (Å²) in [6.07, 6.45) is -4.67. The van der Waals surface area contributed by atoms with Gasteiger partial charge >= 0.3 is 6.18 Å². The van der Waals surface area contributed by atoms with Gasteiger partial charge in [-0.15, -0.1) is 0 Å². The number of carbonyl (C=O) groups is 1. The number of halogens is 5. The van der Waals surface area contributed by atoms with Crippen LogP contribution in [-0.2, 0) is 0 Å². The second-order valence-electron chi connectivity index (χ2n) is 4.13. The van der Waals surface area contributed by atoms with Crippen LogP contribution >= 0.6 is 0 Å². The van der Waals surface area contributed by atoms with Crippen LogP contribution in [0.4, 0.5) is 22.0 Å². The molecule has 0 spiro atoms. The molecule has 0 aliphatic heterocycles. The molecule has 1 aromatic rings. The van der Waals surface area contributed by atoms with Crippen LogP contribution in [0.2, 0.25) is 0 Å². The number of nitrogens with zero attached hydrogens (tertiary/aromatic N) is 1. The predicted octanol–water partition coefficient (Wildman–Crippen LogP) is 3.03. The minimum Gasteiger partial charge on any atom is -0.298 e. The lowest BCUT2D eigenvalue weighted by Crippen LogP contribution is -2.32. The largest absolute Gasteiger partial charge is 0.401 e. The topological polar surface area (TPSA) is 20.3 Å². The van der Waals surface area contributed by atoms with E-state index < -0.39 is 35.7 Å². The summed E-state index contributed by atoms with van der Waals surface area (Å²) in [5, 5.41) is 0. The molecule has 0 aliphatic carbocycles. The molecule has 0 heterocycles. The van der Waals surface area contributed by atoms with Gasteiger partial charge in [0.2, 0.25) is 0 Å². The number of ketones is 1. The molecule has 2 nitrogen and oxygen atoms in total. The Bertz CT molecular complexity index is 458. The summed E-state index contributed by atoms with van der Waals surface area (Å²) >= 11 is 0. The van der Waals surface area contributed by atoms with Crippen molar-refractivity contribution in [2.45, 2.75) is 12.6 Å². The van der Waals surface area contributed by atoms with Crippen molar-refractivity contribution < 1.29 is 26.7 Å². The molecule has 106 valence electrons. The SMILES string of the molecule is CN(CCC(=O)c1cccc(F)c1F)CC(F)(F)F. The Morgan fingerprint density at radius 2 is 1.89 bits per heavy atom. The fourth-order valence-corrected chi connectivity index (χ4v) is 1.53. The van der Waals surface area contributed by atoms with Gasteiger partial charge in [-0.25, -0.2) is 8.78 Å². The summed E-state index contributed by atoms with van der Waals surface area (Å²) in [4.78, 5) is 12.5. The number of alkyl halides is 3. The molecule has 0 N–H and O–H groups in total. The maximum absolute atomic E-state index is 13.3. The number of benzene rings is 1. The van der Waals surface area contributed by atoms with Crippen molar-refractivity contribution in [1.82, 2.24) is 4.90 Å². The van der Waals surface area contributed by atoms with Gasteiger partial charge in [0, 0.05) is 13.0 Å². The molecule has 1 aromatic carbocycles. The number of carbonyl (C=O) groups excluding carboxylic acids is 1. The average molecular weight is 281 g/mol. The van der Waals surface area contributed by atoms with E-state index in [9.17, 15) is 26.7 Å². The van der Waals surface area contributed by atoms with Crippen molar-refractivity contribution in [1.29, 1.82) is 0 Å². The van der Waals surface area contributed by atoms with Crippen LogP contribution in [0.25, 0.3) is 0 Å². The van der Waals surface area contributed by atoms with Crippen LogP contribution in [0.15, 0.2) is 18.2 Å². The fraction of sp³-hybridized carbons (Fsp3) is 0.417. The molecular weight excluding hydrogens is 269 g/mol. The average Bonchev–Trinajstić information content (AvgIpc) is 2.27. The molecule has 1 rings (SSSR count). The van der Waals surface area contributed by atoms with Crippen LogP contribution in [0, 0.1) is 11.6 Å². The Kier molecular flexibility index (Phi) is 4.99. The third-order valence-corrected chi connectivity index (χ3v) is 2.42. The monoisotopic (exact) mass is 281 g/mol. The van der Waals surface area contributed by atoms with Crippen LogP contribution in [0.5, 0.6) is 0 Å². The van der Waals surface area contributed by atoms with E-state index in [1.165, 1.54) is 13.1 Å².